The van der Waals surface area contributed by atoms with Crippen molar-refractivity contribution in [1.29, 1.82) is 0 Å². The highest BCUT2D eigenvalue weighted by molar-refractivity contribution is 14.1. The zero-order chi connectivity index (χ0) is 12.4. The molecule has 0 aliphatic carbocycles. The summed E-state index contributed by atoms with van der Waals surface area (Å²) in [4.78, 5) is 14.0. The standard InChI is InChI=1S/C13H15FINO/c1-9-2-4-16(5-3-9)13(17)10-6-11(14)8-12(15)7-10/h6-9H,2-5H2,1H3. The number of halogens is 2. The Bertz CT molecular complexity index is 407. The molecule has 4 heteroatoms. The molecule has 1 amide bonds. The van der Waals surface area contributed by atoms with Crippen LogP contribution < -0.4 is 0 Å². The Morgan fingerprint density at radius 2 is 2.00 bits per heavy atom. The van der Waals surface area contributed by atoms with Gasteiger partial charge >= 0.3 is 0 Å². The molecule has 0 N–H and O–H groups in total. The second-order valence-electron chi connectivity index (χ2n) is 4.63. The van der Waals surface area contributed by atoms with E-state index < -0.39 is 0 Å². The van der Waals surface area contributed by atoms with Gasteiger partial charge in [-0.1, -0.05) is 6.92 Å². The highest BCUT2D eigenvalue weighted by Gasteiger charge is 2.21. The summed E-state index contributed by atoms with van der Waals surface area (Å²) in [6.45, 7) is 3.77. The third-order valence-corrected chi connectivity index (χ3v) is 3.80. The number of hydrogen-bond donors (Lipinski definition) is 0. The van der Waals surface area contributed by atoms with E-state index in [9.17, 15) is 9.18 Å². The number of hydrogen-bond acceptors (Lipinski definition) is 1. The molecule has 92 valence electrons. The molecule has 1 heterocycles. The zero-order valence-electron chi connectivity index (χ0n) is 9.75. The molecule has 1 aromatic carbocycles. The quantitative estimate of drug-likeness (QED) is 0.714. The summed E-state index contributed by atoms with van der Waals surface area (Å²) >= 11 is 2.03. The van der Waals surface area contributed by atoms with Crippen LogP contribution in [0.15, 0.2) is 18.2 Å². The summed E-state index contributed by atoms with van der Waals surface area (Å²) in [7, 11) is 0. The largest absolute Gasteiger partial charge is 0.339 e. The molecule has 0 atom stereocenters. The van der Waals surface area contributed by atoms with E-state index in [2.05, 4.69) is 6.92 Å². The average Bonchev–Trinajstić information content (AvgIpc) is 2.28. The van der Waals surface area contributed by atoms with Crippen molar-refractivity contribution < 1.29 is 9.18 Å². The van der Waals surface area contributed by atoms with Gasteiger partial charge in [0.1, 0.15) is 5.82 Å². The van der Waals surface area contributed by atoms with Gasteiger partial charge in [0.05, 0.1) is 0 Å². The van der Waals surface area contributed by atoms with Crippen molar-refractivity contribution in [3.8, 4) is 0 Å². The van der Waals surface area contributed by atoms with Crippen LogP contribution in [0, 0.1) is 15.3 Å². The number of piperidine rings is 1. The van der Waals surface area contributed by atoms with Crippen molar-refractivity contribution in [2.75, 3.05) is 13.1 Å². The van der Waals surface area contributed by atoms with Gasteiger partial charge in [0.2, 0.25) is 0 Å². The molecule has 0 saturated carbocycles. The van der Waals surface area contributed by atoms with Crippen molar-refractivity contribution in [2.24, 2.45) is 5.92 Å². The topological polar surface area (TPSA) is 20.3 Å². The fourth-order valence-electron chi connectivity index (χ4n) is 2.07. The SMILES string of the molecule is CC1CCN(C(=O)c2cc(F)cc(I)c2)CC1. The van der Waals surface area contributed by atoms with Crippen molar-refractivity contribution in [2.45, 2.75) is 19.8 Å². The smallest absolute Gasteiger partial charge is 0.253 e. The molecule has 0 aromatic heterocycles. The van der Waals surface area contributed by atoms with Crippen molar-refractivity contribution in [1.82, 2.24) is 4.90 Å². The molecule has 1 aromatic rings. The summed E-state index contributed by atoms with van der Waals surface area (Å²) in [6, 6.07) is 4.49. The second-order valence-corrected chi connectivity index (χ2v) is 5.88. The van der Waals surface area contributed by atoms with Crippen LogP contribution in [0.3, 0.4) is 0 Å². The summed E-state index contributed by atoms with van der Waals surface area (Å²) in [6.07, 6.45) is 2.08. The second kappa shape index (κ2) is 5.33. The van der Waals surface area contributed by atoms with E-state index in [0.29, 0.717) is 11.5 Å². The van der Waals surface area contributed by atoms with Crippen LogP contribution in [0.4, 0.5) is 4.39 Å². The Morgan fingerprint density at radius 3 is 2.59 bits per heavy atom. The summed E-state index contributed by atoms with van der Waals surface area (Å²) < 4.78 is 14.0. The number of carbonyl (C=O) groups is 1. The fraction of sp³-hybridized carbons (Fsp3) is 0.462. The van der Waals surface area contributed by atoms with Gasteiger partial charge in [0.25, 0.3) is 5.91 Å². The monoisotopic (exact) mass is 347 g/mol. The minimum Gasteiger partial charge on any atom is -0.339 e. The number of carbonyl (C=O) groups excluding carboxylic acids is 1. The van der Waals surface area contributed by atoms with E-state index in [0.717, 1.165) is 29.5 Å². The lowest BCUT2D eigenvalue weighted by molar-refractivity contribution is 0.0696. The Hall–Kier alpha value is -0.650. The molecule has 1 aliphatic rings. The van der Waals surface area contributed by atoms with Gasteiger partial charge in [-0.15, -0.1) is 0 Å². The van der Waals surface area contributed by atoms with Crippen LogP contribution in [0.5, 0.6) is 0 Å². The first kappa shape index (κ1) is 12.8. The minimum absolute atomic E-state index is 0.0469. The van der Waals surface area contributed by atoms with E-state index in [1.807, 2.05) is 27.5 Å². The minimum atomic E-state index is -0.342. The maximum atomic E-state index is 13.2. The van der Waals surface area contributed by atoms with E-state index in [4.69, 9.17) is 0 Å². The van der Waals surface area contributed by atoms with Gasteiger partial charge in [0, 0.05) is 22.2 Å². The van der Waals surface area contributed by atoms with Crippen molar-refractivity contribution >= 4 is 28.5 Å². The molecule has 17 heavy (non-hydrogen) atoms. The third-order valence-electron chi connectivity index (χ3n) is 3.18. The maximum absolute atomic E-state index is 13.2. The number of benzene rings is 1. The first-order valence-corrected chi connectivity index (χ1v) is 6.89. The van der Waals surface area contributed by atoms with Crippen LogP contribution in [-0.2, 0) is 0 Å². The molecule has 0 bridgehead atoms. The molecule has 0 spiro atoms. The number of likely N-dealkylation sites (tertiary alicyclic amines) is 1. The summed E-state index contributed by atoms with van der Waals surface area (Å²) in [5, 5.41) is 0. The maximum Gasteiger partial charge on any atom is 0.253 e. The van der Waals surface area contributed by atoms with Gasteiger partial charge in [-0.05, 0) is 59.5 Å². The van der Waals surface area contributed by atoms with Gasteiger partial charge in [-0.25, -0.2) is 4.39 Å². The fourth-order valence-corrected chi connectivity index (χ4v) is 2.70. The first-order chi connectivity index (χ1) is 8.06. The van der Waals surface area contributed by atoms with Gasteiger partial charge in [-0.2, -0.15) is 0 Å². The van der Waals surface area contributed by atoms with Crippen molar-refractivity contribution in [3.05, 3.63) is 33.1 Å². The predicted octanol–water partition coefficient (Wildman–Crippen LogP) is 3.30. The zero-order valence-corrected chi connectivity index (χ0v) is 11.9. The van der Waals surface area contributed by atoms with Crippen LogP contribution in [-0.4, -0.2) is 23.9 Å². The molecule has 1 saturated heterocycles. The molecular formula is C13H15FINO. The normalized spacial score (nSPS) is 17.2. The number of amides is 1. The predicted molar refractivity (Wildman–Crippen MR) is 73.4 cm³/mol. The number of nitrogens with zero attached hydrogens (tertiary/aromatic N) is 1. The highest BCUT2D eigenvalue weighted by atomic mass is 127. The molecule has 0 unspecified atom stereocenters. The average molecular weight is 347 g/mol. The van der Waals surface area contributed by atoms with Crippen LogP contribution >= 0.6 is 22.6 Å². The molecule has 1 fully saturated rings. The molecule has 0 radical (unpaired) electrons. The summed E-state index contributed by atoms with van der Waals surface area (Å²) in [5.41, 5.74) is 0.462. The Balaban J connectivity index is 2.14. The Morgan fingerprint density at radius 1 is 1.35 bits per heavy atom. The molecular weight excluding hydrogens is 332 g/mol. The van der Waals surface area contributed by atoms with Crippen LogP contribution in [0.2, 0.25) is 0 Å². The third kappa shape index (κ3) is 3.18. The Labute approximate surface area is 114 Å². The van der Waals surface area contributed by atoms with Gasteiger partial charge in [-0.3, -0.25) is 4.79 Å². The van der Waals surface area contributed by atoms with Gasteiger partial charge < -0.3 is 4.90 Å². The lowest BCUT2D eigenvalue weighted by Gasteiger charge is -2.30. The lowest BCUT2D eigenvalue weighted by Crippen LogP contribution is -2.37. The first-order valence-electron chi connectivity index (χ1n) is 5.81. The van der Waals surface area contributed by atoms with E-state index in [1.54, 1.807) is 6.07 Å². The molecule has 2 rings (SSSR count). The molecule has 1 aliphatic heterocycles. The summed E-state index contributed by atoms with van der Waals surface area (Å²) in [5.74, 6) is 0.298. The highest BCUT2D eigenvalue weighted by Crippen LogP contribution is 2.19. The molecule has 2 nitrogen and oxygen atoms in total. The Kier molecular flexibility index (Phi) is 4.01. The van der Waals surface area contributed by atoms with Crippen LogP contribution in [0.1, 0.15) is 30.1 Å². The van der Waals surface area contributed by atoms with E-state index >= 15 is 0 Å². The van der Waals surface area contributed by atoms with Gasteiger partial charge in [0.15, 0.2) is 0 Å². The van der Waals surface area contributed by atoms with Crippen molar-refractivity contribution in [3.63, 3.8) is 0 Å². The lowest BCUT2D eigenvalue weighted by atomic mass is 9.98. The van der Waals surface area contributed by atoms with E-state index in [-0.39, 0.29) is 11.7 Å². The number of rotatable bonds is 1. The van der Waals surface area contributed by atoms with Crippen LogP contribution in [0.25, 0.3) is 0 Å². The van der Waals surface area contributed by atoms with E-state index in [1.165, 1.54) is 12.1 Å².